The number of piperidine rings is 1. The number of aromatic nitrogens is 1. The minimum Gasteiger partial charge on any atom is -0.340 e. The van der Waals surface area contributed by atoms with E-state index in [-0.39, 0.29) is 37.2 Å². The first-order valence-electron chi connectivity index (χ1n) is 9.33. The first-order chi connectivity index (χ1) is 11.7. The normalized spacial score (nSPS) is 21.2. The van der Waals surface area contributed by atoms with E-state index in [0.29, 0.717) is 24.2 Å². The molecule has 1 aromatic rings. The number of halogens is 3. The van der Waals surface area contributed by atoms with Gasteiger partial charge in [0.15, 0.2) is 0 Å². The standard InChI is InChI=1S/C19H30N4O.3ClH/c1-16(17-5-4-7-20-14-17)13-19(24)23-11-9-22(10-12-23)15-18-6-2-3-8-21-18;;;/h2-3,6,8,16-17,20H,4-5,7,9-15H2,1H3;3*1H. The van der Waals surface area contributed by atoms with Crippen LogP contribution in [0.2, 0.25) is 0 Å². The van der Waals surface area contributed by atoms with Crippen molar-refractivity contribution in [2.75, 3.05) is 39.3 Å². The summed E-state index contributed by atoms with van der Waals surface area (Å²) in [6.45, 7) is 8.92. The van der Waals surface area contributed by atoms with Crippen molar-refractivity contribution in [1.82, 2.24) is 20.1 Å². The Balaban J connectivity index is 0.00000225. The molecular formula is C19H33Cl3N4O. The van der Waals surface area contributed by atoms with Crippen molar-refractivity contribution in [2.24, 2.45) is 11.8 Å². The zero-order chi connectivity index (χ0) is 16.8. The van der Waals surface area contributed by atoms with E-state index < -0.39 is 0 Å². The summed E-state index contributed by atoms with van der Waals surface area (Å²) < 4.78 is 0. The lowest BCUT2D eigenvalue weighted by molar-refractivity contribution is -0.134. The number of nitrogens with zero attached hydrogens (tertiary/aromatic N) is 3. The van der Waals surface area contributed by atoms with Crippen molar-refractivity contribution in [3.8, 4) is 0 Å². The van der Waals surface area contributed by atoms with E-state index in [1.54, 1.807) is 0 Å². The zero-order valence-corrected chi connectivity index (χ0v) is 18.5. The highest BCUT2D eigenvalue weighted by atomic mass is 35.5. The molecule has 3 rings (SSSR count). The Morgan fingerprint density at radius 1 is 1.22 bits per heavy atom. The molecule has 0 spiro atoms. The minimum atomic E-state index is 0. The van der Waals surface area contributed by atoms with Crippen LogP contribution in [-0.4, -0.2) is 60.0 Å². The van der Waals surface area contributed by atoms with E-state index in [9.17, 15) is 4.79 Å². The van der Waals surface area contributed by atoms with Gasteiger partial charge in [0.25, 0.3) is 0 Å². The molecule has 8 heteroatoms. The highest BCUT2D eigenvalue weighted by Gasteiger charge is 2.26. The molecule has 0 aliphatic carbocycles. The molecule has 2 aliphatic rings. The number of carbonyl (C=O) groups is 1. The molecule has 2 unspecified atom stereocenters. The average molecular weight is 440 g/mol. The van der Waals surface area contributed by atoms with Crippen LogP contribution in [0, 0.1) is 11.8 Å². The van der Waals surface area contributed by atoms with Crippen LogP contribution in [-0.2, 0) is 11.3 Å². The maximum atomic E-state index is 12.6. The summed E-state index contributed by atoms with van der Waals surface area (Å²) in [4.78, 5) is 21.4. The number of pyridine rings is 1. The van der Waals surface area contributed by atoms with Crippen LogP contribution < -0.4 is 5.32 Å². The predicted molar refractivity (Wildman–Crippen MR) is 117 cm³/mol. The number of amides is 1. The maximum absolute atomic E-state index is 12.6. The molecule has 3 heterocycles. The number of piperazine rings is 1. The Bertz CT molecular complexity index is 521. The van der Waals surface area contributed by atoms with Gasteiger partial charge in [-0.15, -0.1) is 37.2 Å². The van der Waals surface area contributed by atoms with Gasteiger partial charge < -0.3 is 10.2 Å². The van der Waals surface area contributed by atoms with Gasteiger partial charge >= 0.3 is 0 Å². The minimum absolute atomic E-state index is 0. The van der Waals surface area contributed by atoms with E-state index in [4.69, 9.17) is 0 Å². The lowest BCUT2D eigenvalue weighted by atomic mass is 9.85. The van der Waals surface area contributed by atoms with Crippen molar-refractivity contribution in [2.45, 2.75) is 32.7 Å². The molecule has 156 valence electrons. The summed E-state index contributed by atoms with van der Waals surface area (Å²) in [6, 6.07) is 6.05. The fourth-order valence-corrected chi connectivity index (χ4v) is 3.81. The van der Waals surface area contributed by atoms with Crippen molar-refractivity contribution in [3.05, 3.63) is 30.1 Å². The van der Waals surface area contributed by atoms with Gasteiger partial charge in [-0.1, -0.05) is 13.0 Å². The van der Waals surface area contributed by atoms with E-state index in [2.05, 4.69) is 33.1 Å². The van der Waals surface area contributed by atoms with Crippen molar-refractivity contribution in [3.63, 3.8) is 0 Å². The second kappa shape index (κ2) is 13.6. The number of hydrogen-bond acceptors (Lipinski definition) is 4. The van der Waals surface area contributed by atoms with E-state index >= 15 is 0 Å². The second-order valence-corrected chi connectivity index (χ2v) is 7.27. The molecule has 0 bridgehead atoms. The summed E-state index contributed by atoms with van der Waals surface area (Å²) in [7, 11) is 0. The summed E-state index contributed by atoms with van der Waals surface area (Å²) in [6.07, 6.45) is 5.05. The topological polar surface area (TPSA) is 48.5 Å². The first kappa shape index (κ1) is 26.4. The fraction of sp³-hybridized carbons (Fsp3) is 0.684. The maximum Gasteiger partial charge on any atom is 0.222 e. The van der Waals surface area contributed by atoms with E-state index in [1.807, 2.05) is 18.3 Å². The smallest absolute Gasteiger partial charge is 0.222 e. The first-order valence-corrected chi connectivity index (χ1v) is 9.33. The molecular weight excluding hydrogens is 407 g/mol. The average Bonchev–Trinajstić information content (AvgIpc) is 2.64. The molecule has 1 amide bonds. The SMILES string of the molecule is CC(CC(=O)N1CCN(Cc2ccccn2)CC1)C1CCCNC1.Cl.Cl.Cl. The lowest BCUT2D eigenvalue weighted by Gasteiger charge is -2.36. The van der Waals surface area contributed by atoms with Gasteiger partial charge in [0.1, 0.15) is 0 Å². The largest absolute Gasteiger partial charge is 0.340 e. The van der Waals surface area contributed by atoms with Crippen LogP contribution in [0.1, 0.15) is 31.9 Å². The Kier molecular flexibility index (Phi) is 13.3. The Morgan fingerprint density at radius 2 is 1.96 bits per heavy atom. The van der Waals surface area contributed by atoms with Gasteiger partial charge in [0.05, 0.1) is 5.69 Å². The van der Waals surface area contributed by atoms with Gasteiger partial charge in [-0.25, -0.2) is 0 Å². The van der Waals surface area contributed by atoms with E-state index in [0.717, 1.165) is 51.5 Å². The number of rotatable bonds is 5. The van der Waals surface area contributed by atoms with Crippen LogP contribution >= 0.6 is 37.2 Å². The van der Waals surface area contributed by atoms with Gasteiger partial charge in [0, 0.05) is 45.3 Å². The molecule has 2 aliphatic heterocycles. The van der Waals surface area contributed by atoms with Gasteiger partial charge in [-0.3, -0.25) is 14.7 Å². The molecule has 27 heavy (non-hydrogen) atoms. The third-order valence-electron chi connectivity index (χ3n) is 5.47. The van der Waals surface area contributed by atoms with Crippen LogP contribution in [0.25, 0.3) is 0 Å². The monoisotopic (exact) mass is 438 g/mol. The van der Waals surface area contributed by atoms with Crippen LogP contribution in [0.5, 0.6) is 0 Å². The molecule has 2 saturated heterocycles. The number of hydrogen-bond donors (Lipinski definition) is 1. The van der Waals surface area contributed by atoms with Crippen molar-refractivity contribution < 1.29 is 4.79 Å². The highest BCUT2D eigenvalue weighted by Crippen LogP contribution is 2.23. The molecule has 2 atom stereocenters. The summed E-state index contributed by atoms with van der Waals surface area (Å²) >= 11 is 0. The van der Waals surface area contributed by atoms with Crippen LogP contribution in [0.15, 0.2) is 24.4 Å². The third kappa shape index (κ3) is 8.12. The molecule has 1 aromatic heterocycles. The van der Waals surface area contributed by atoms with Gasteiger partial charge in [0.2, 0.25) is 5.91 Å². The van der Waals surface area contributed by atoms with Gasteiger partial charge in [-0.05, 0) is 49.9 Å². The predicted octanol–water partition coefficient (Wildman–Crippen LogP) is 3.02. The summed E-state index contributed by atoms with van der Waals surface area (Å²) in [5.74, 6) is 1.48. The Hall–Kier alpha value is -0.590. The summed E-state index contributed by atoms with van der Waals surface area (Å²) in [5, 5.41) is 3.46. The second-order valence-electron chi connectivity index (χ2n) is 7.27. The molecule has 5 nitrogen and oxygen atoms in total. The number of carbonyl (C=O) groups excluding carboxylic acids is 1. The molecule has 0 saturated carbocycles. The Morgan fingerprint density at radius 3 is 2.56 bits per heavy atom. The lowest BCUT2D eigenvalue weighted by Crippen LogP contribution is -2.49. The van der Waals surface area contributed by atoms with Crippen LogP contribution in [0.4, 0.5) is 0 Å². The zero-order valence-electron chi connectivity index (χ0n) is 16.0. The third-order valence-corrected chi connectivity index (χ3v) is 5.47. The van der Waals surface area contributed by atoms with Crippen molar-refractivity contribution >= 4 is 43.1 Å². The highest BCUT2D eigenvalue weighted by molar-refractivity contribution is 5.86. The van der Waals surface area contributed by atoms with Crippen LogP contribution in [0.3, 0.4) is 0 Å². The quantitative estimate of drug-likeness (QED) is 0.766. The summed E-state index contributed by atoms with van der Waals surface area (Å²) in [5.41, 5.74) is 1.11. The van der Waals surface area contributed by atoms with Gasteiger partial charge in [-0.2, -0.15) is 0 Å². The number of nitrogens with one attached hydrogen (secondary N) is 1. The molecule has 2 fully saturated rings. The molecule has 1 N–H and O–H groups in total. The Labute approximate surface area is 181 Å². The van der Waals surface area contributed by atoms with Crippen molar-refractivity contribution in [1.29, 1.82) is 0 Å². The fourth-order valence-electron chi connectivity index (χ4n) is 3.81. The van der Waals surface area contributed by atoms with E-state index in [1.165, 1.54) is 12.8 Å². The molecule has 0 radical (unpaired) electrons. The molecule has 0 aromatic carbocycles.